The summed E-state index contributed by atoms with van der Waals surface area (Å²) in [6.45, 7) is 1.75. The number of carboxylic acid groups (broad SMARTS) is 1. The van der Waals surface area contributed by atoms with Crippen LogP contribution in [0.5, 0.6) is 5.75 Å². The summed E-state index contributed by atoms with van der Waals surface area (Å²) >= 11 is 1.09. The van der Waals surface area contributed by atoms with E-state index in [1.165, 1.54) is 0 Å². The second-order valence-electron chi connectivity index (χ2n) is 4.60. The smallest absolute Gasteiger partial charge is 0.348 e. The number of phenolic OH excluding ortho intramolecular Hbond substituents is 1. The van der Waals surface area contributed by atoms with Crippen LogP contribution < -0.4 is 5.32 Å². The standard InChI is InChI=1S/C15H15NO4S/c1-9-8-21-14(15(19)20)13(9)16-12(18)7-6-10-4-2-3-5-11(10)17/h2-5,8,17H,6-7H2,1H3,(H,16,18)(H,19,20). The first-order valence-electron chi connectivity index (χ1n) is 6.37. The van der Waals surface area contributed by atoms with Crippen LogP contribution in [0.1, 0.15) is 27.2 Å². The number of aryl methyl sites for hydroxylation is 2. The van der Waals surface area contributed by atoms with Gasteiger partial charge in [0.1, 0.15) is 10.6 Å². The van der Waals surface area contributed by atoms with E-state index < -0.39 is 5.97 Å². The Balaban J connectivity index is 2.01. The highest BCUT2D eigenvalue weighted by molar-refractivity contribution is 7.12. The van der Waals surface area contributed by atoms with Gasteiger partial charge < -0.3 is 15.5 Å². The second kappa shape index (κ2) is 6.41. The highest BCUT2D eigenvalue weighted by Gasteiger charge is 2.17. The van der Waals surface area contributed by atoms with Crippen molar-refractivity contribution in [2.45, 2.75) is 19.8 Å². The Hall–Kier alpha value is -2.34. The number of amides is 1. The van der Waals surface area contributed by atoms with E-state index in [4.69, 9.17) is 5.11 Å². The van der Waals surface area contributed by atoms with Gasteiger partial charge in [-0.25, -0.2) is 4.79 Å². The number of phenols is 1. The molecule has 21 heavy (non-hydrogen) atoms. The summed E-state index contributed by atoms with van der Waals surface area (Å²) in [4.78, 5) is 23.1. The van der Waals surface area contributed by atoms with Crippen molar-refractivity contribution < 1.29 is 19.8 Å². The summed E-state index contributed by atoms with van der Waals surface area (Å²) in [5.41, 5.74) is 1.77. The normalized spacial score (nSPS) is 10.3. The zero-order valence-corrected chi connectivity index (χ0v) is 12.2. The molecule has 2 aromatic rings. The lowest BCUT2D eigenvalue weighted by molar-refractivity contribution is -0.116. The molecule has 0 radical (unpaired) electrons. The molecule has 0 unspecified atom stereocenters. The minimum atomic E-state index is -1.05. The average Bonchev–Trinajstić information content (AvgIpc) is 2.79. The lowest BCUT2D eigenvalue weighted by Crippen LogP contribution is -2.14. The first kappa shape index (κ1) is 15.1. The fourth-order valence-electron chi connectivity index (χ4n) is 1.93. The van der Waals surface area contributed by atoms with Gasteiger partial charge in [0, 0.05) is 6.42 Å². The summed E-state index contributed by atoms with van der Waals surface area (Å²) < 4.78 is 0. The fraction of sp³-hybridized carbons (Fsp3) is 0.200. The van der Waals surface area contributed by atoms with Crippen LogP contribution in [-0.4, -0.2) is 22.1 Å². The third-order valence-electron chi connectivity index (χ3n) is 3.05. The molecule has 110 valence electrons. The van der Waals surface area contributed by atoms with Gasteiger partial charge >= 0.3 is 5.97 Å². The number of rotatable bonds is 5. The predicted molar refractivity (Wildman–Crippen MR) is 81.1 cm³/mol. The van der Waals surface area contributed by atoms with Crippen LogP contribution in [0.25, 0.3) is 0 Å². The molecule has 0 atom stereocenters. The molecule has 1 aromatic carbocycles. The van der Waals surface area contributed by atoms with Crippen LogP contribution in [0.15, 0.2) is 29.6 Å². The van der Waals surface area contributed by atoms with Crippen LogP contribution in [0, 0.1) is 6.92 Å². The molecular weight excluding hydrogens is 290 g/mol. The minimum absolute atomic E-state index is 0.128. The Morgan fingerprint density at radius 2 is 2.00 bits per heavy atom. The minimum Gasteiger partial charge on any atom is -0.508 e. The molecule has 0 aliphatic rings. The molecule has 1 aromatic heterocycles. The van der Waals surface area contributed by atoms with E-state index in [0.717, 1.165) is 16.9 Å². The number of carbonyl (C=O) groups is 2. The third-order valence-corrected chi connectivity index (χ3v) is 4.13. The first-order chi connectivity index (χ1) is 9.99. The molecule has 1 amide bonds. The van der Waals surface area contributed by atoms with Crippen molar-refractivity contribution in [1.29, 1.82) is 0 Å². The van der Waals surface area contributed by atoms with Crippen molar-refractivity contribution in [3.63, 3.8) is 0 Å². The van der Waals surface area contributed by atoms with Gasteiger partial charge in [0.15, 0.2) is 0 Å². The van der Waals surface area contributed by atoms with Crippen molar-refractivity contribution in [3.8, 4) is 5.75 Å². The van der Waals surface area contributed by atoms with E-state index in [1.54, 1.807) is 36.6 Å². The molecule has 0 saturated carbocycles. The number of thiophene rings is 1. The number of carbonyl (C=O) groups excluding carboxylic acids is 1. The third kappa shape index (κ3) is 3.61. The topological polar surface area (TPSA) is 86.6 Å². The van der Waals surface area contributed by atoms with E-state index in [0.29, 0.717) is 17.7 Å². The SMILES string of the molecule is Cc1csc(C(=O)O)c1NC(=O)CCc1ccccc1O. The molecule has 3 N–H and O–H groups in total. The maximum Gasteiger partial charge on any atom is 0.348 e. The number of aromatic hydroxyl groups is 1. The van der Waals surface area contributed by atoms with Crippen molar-refractivity contribution in [1.82, 2.24) is 0 Å². The van der Waals surface area contributed by atoms with Crippen LogP contribution in [0.2, 0.25) is 0 Å². The van der Waals surface area contributed by atoms with Gasteiger partial charge in [-0.1, -0.05) is 18.2 Å². The Morgan fingerprint density at radius 1 is 1.29 bits per heavy atom. The Labute approximate surface area is 125 Å². The zero-order valence-electron chi connectivity index (χ0n) is 11.4. The summed E-state index contributed by atoms with van der Waals surface area (Å²) in [7, 11) is 0. The first-order valence-corrected chi connectivity index (χ1v) is 7.25. The quantitative estimate of drug-likeness (QED) is 0.792. The van der Waals surface area contributed by atoms with Gasteiger partial charge in [0.2, 0.25) is 5.91 Å². The van der Waals surface area contributed by atoms with Crippen LogP contribution in [0.3, 0.4) is 0 Å². The second-order valence-corrected chi connectivity index (χ2v) is 5.48. The van der Waals surface area contributed by atoms with E-state index in [-0.39, 0.29) is 23.0 Å². The van der Waals surface area contributed by atoms with E-state index in [1.807, 2.05) is 0 Å². The number of nitrogens with one attached hydrogen (secondary N) is 1. The number of hydrogen-bond acceptors (Lipinski definition) is 4. The summed E-state index contributed by atoms with van der Waals surface area (Å²) in [6.07, 6.45) is 0.565. The number of hydrogen-bond donors (Lipinski definition) is 3. The van der Waals surface area contributed by atoms with Gasteiger partial charge in [-0.05, 0) is 35.9 Å². The number of benzene rings is 1. The zero-order chi connectivity index (χ0) is 15.4. The molecule has 0 spiro atoms. The maximum absolute atomic E-state index is 11.9. The summed E-state index contributed by atoms with van der Waals surface area (Å²) in [5, 5.41) is 23.0. The molecule has 5 nitrogen and oxygen atoms in total. The van der Waals surface area contributed by atoms with E-state index in [2.05, 4.69) is 5.32 Å². The number of anilines is 1. The molecule has 2 rings (SSSR count). The molecule has 0 bridgehead atoms. The van der Waals surface area contributed by atoms with Gasteiger partial charge in [0.25, 0.3) is 0 Å². The van der Waals surface area contributed by atoms with E-state index in [9.17, 15) is 14.7 Å². The maximum atomic E-state index is 11.9. The number of carboxylic acids is 1. The highest BCUT2D eigenvalue weighted by atomic mass is 32.1. The van der Waals surface area contributed by atoms with Gasteiger partial charge in [-0.3, -0.25) is 4.79 Å². The van der Waals surface area contributed by atoms with Crippen molar-refractivity contribution >= 4 is 28.9 Å². The fourth-order valence-corrected chi connectivity index (χ4v) is 2.77. The van der Waals surface area contributed by atoms with E-state index >= 15 is 0 Å². The Bertz CT molecular complexity index is 678. The van der Waals surface area contributed by atoms with Crippen molar-refractivity contribution in [3.05, 3.63) is 45.6 Å². The molecular formula is C15H15NO4S. The lowest BCUT2D eigenvalue weighted by Gasteiger charge is -2.07. The van der Waals surface area contributed by atoms with Crippen LogP contribution in [0.4, 0.5) is 5.69 Å². The number of aromatic carboxylic acids is 1. The number of para-hydroxylation sites is 1. The monoisotopic (exact) mass is 305 g/mol. The van der Waals surface area contributed by atoms with Crippen molar-refractivity contribution in [2.24, 2.45) is 0 Å². The molecule has 6 heteroatoms. The predicted octanol–water partition coefficient (Wildman–Crippen LogP) is 3.03. The Morgan fingerprint density at radius 3 is 2.67 bits per heavy atom. The highest BCUT2D eigenvalue weighted by Crippen LogP contribution is 2.28. The van der Waals surface area contributed by atoms with Gasteiger partial charge in [0.05, 0.1) is 5.69 Å². The van der Waals surface area contributed by atoms with Gasteiger partial charge in [-0.2, -0.15) is 0 Å². The molecule has 1 heterocycles. The summed E-state index contributed by atoms with van der Waals surface area (Å²) in [6, 6.07) is 6.82. The van der Waals surface area contributed by atoms with Gasteiger partial charge in [-0.15, -0.1) is 11.3 Å². The molecule has 0 aliphatic heterocycles. The molecule has 0 saturated heterocycles. The average molecular weight is 305 g/mol. The Kier molecular flexibility index (Phi) is 4.59. The molecule has 0 aliphatic carbocycles. The lowest BCUT2D eigenvalue weighted by atomic mass is 10.1. The summed E-state index contributed by atoms with van der Waals surface area (Å²) in [5.74, 6) is -1.17. The molecule has 0 fully saturated rings. The largest absolute Gasteiger partial charge is 0.508 e. The van der Waals surface area contributed by atoms with Crippen LogP contribution >= 0.6 is 11.3 Å². The van der Waals surface area contributed by atoms with Crippen molar-refractivity contribution in [2.75, 3.05) is 5.32 Å². The van der Waals surface area contributed by atoms with Crippen LogP contribution in [-0.2, 0) is 11.2 Å².